The monoisotopic (exact) mass is 484 g/mol. The van der Waals surface area contributed by atoms with Gasteiger partial charge in [0.25, 0.3) is 5.91 Å². The highest BCUT2D eigenvalue weighted by molar-refractivity contribution is 7.89. The maximum atomic E-state index is 12.8. The Morgan fingerprint density at radius 2 is 1.74 bits per heavy atom. The summed E-state index contributed by atoms with van der Waals surface area (Å²) >= 11 is 11.9. The van der Waals surface area contributed by atoms with Crippen LogP contribution in [0.15, 0.2) is 47.4 Å². The summed E-state index contributed by atoms with van der Waals surface area (Å²) in [5, 5.41) is 2.98. The molecule has 31 heavy (non-hydrogen) atoms. The van der Waals surface area contributed by atoms with Gasteiger partial charge in [0.05, 0.1) is 26.2 Å². The van der Waals surface area contributed by atoms with Crippen LogP contribution in [-0.2, 0) is 19.6 Å². The molecule has 2 aromatic carbocycles. The number of carbonyl (C=O) groups excluding carboxylic acids is 2. The molecule has 1 aliphatic heterocycles. The predicted octanol–water partition coefficient (Wildman–Crippen LogP) is 4.21. The SMILES string of the molecule is CC1CCN(S(=O)(=O)c2ccc(C(=O)OCC(=O)Nc3cccc(Cl)c3Cl)cc2)CC1. The van der Waals surface area contributed by atoms with Crippen LogP contribution in [0.4, 0.5) is 5.69 Å². The lowest BCUT2D eigenvalue weighted by atomic mass is 10.0. The highest BCUT2D eigenvalue weighted by Crippen LogP contribution is 2.29. The molecule has 0 atom stereocenters. The maximum absolute atomic E-state index is 12.8. The third-order valence-corrected chi connectivity index (χ3v) is 7.76. The van der Waals surface area contributed by atoms with Crippen molar-refractivity contribution in [2.45, 2.75) is 24.7 Å². The number of amides is 1. The largest absolute Gasteiger partial charge is 0.452 e. The Labute approximate surface area is 191 Å². The van der Waals surface area contributed by atoms with E-state index in [0.29, 0.717) is 24.7 Å². The van der Waals surface area contributed by atoms with Gasteiger partial charge >= 0.3 is 5.97 Å². The predicted molar refractivity (Wildman–Crippen MR) is 119 cm³/mol. The number of sulfonamides is 1. The zero-order chi connectivity index (χ0) is 22.6. The number of piperidine rings is 1. The number of nitrogens with one attached hydrogen (secondary N) is 1. The maximum Gasteiger partial charge on any atom is 0.338 e. The van der Waals surface area contributed by atoms with Crippen LogP contribution >= 0.6 is 23.2 Å². The molecule has 0 spiro atoms. The first-order chi connectivity index (χ1) is 14.7. The minimum absolute atomic E-state index is 0.118. The first-order valence-corrected chi connectivity index (χ1v) is 11.9. The van der Waals surface area contributed by atoms with Gasteiger partial charge in [-0.25, -0.2) is 13.2 Å². The van der Waals surface area contributed by atoms with Crippen molar-refractivity contribution in [2.75, 3.05) is 25.0 Å². The van der Waals surface area contributed by atoms with Gasteiger partial charge in [0, 0.05) is 13.1 Å². The quantitative estimate of drug-likeness (QED) is 0.619. The Hall–Kier alpha value is -2.13. The number of hydrogen-bond acceptors (Lipinski definition) is 5. The minimum Gasteiger partial charge on any atom is -0.452 e. The van der Waals surface area contributed by atoms with Crippen molar-refractivity contribution in [2.24, 2.45) is 5.92 Å². The second-order valence-electron chi connectivity index (χ2n) is 7.34. The Morgan fingerprint density at radius 3 is 2.39 bits per heavy atom. The van der Waals surface area contributed by atoms with E-state index in [9.17, 15) is 18.0 Å². The van der Waals surface area contributed by atoms with Gasteiger partial charge in [0.15, 0.2) is 6.61 Å². The lowest BCUT2D eigenvalue weighted by Gasteiger charge is -2.29. The average Bonchev–Trinajstić information content (AvgIpc) is 2.75. The van der Waals surface area contributed by atoms with Gasteiger partial charge in [0.2, 0.25) is 10.0 Å². The van der Waals surface area contributed by atoms with Crippen molar-refractivity contribution in [1.82, 2.24) is 4.31 Å². The number of benzene rings is 2. The van der Waals surface area contributed by atoms with E-state index in [1.807, 2.05) is 0 Å². The zero-order valence-electron chi connectivity index (χ0n) is 16.8. The van der Waals surface area contributed by atoms with Crippen molar-refractivity contribution in [3.8, 4) is 0 Å². The zero-order valence-corrected chi connectivity index (χ0v) is 19.1. The molecule has 1 heterocycles. The van der Waals surface area contributed by atoms with Gasteiger partial charge in [-0.1, -0.05) is 36.2 Å². The number of esters is 1. The number of halogens is 2. The van der Waals surface area contributed by atoms with Crippen molar-refractivity contribution >= 4 is 50.8 Å². The van der Waals surface area contributed by atoms with E-state index in [0.717, 1.165) is 12.8 Å². The van der Waals surface area contributed by atoms with Crippen LogP contribution in [0.1, 0.15) is 30.1 Å². The highest BCUT2D eigenvalue weighted by Gasteiger charge is 2.28. The van der Waals surface area contributed by atoms with E-state index in [2.05, 4.69) is 12.2 Å². The van der Waals surface area contributed by atoms with Crippen LogP contribution in [0.25, 0.3) is 0 Å². The molecular weight excluding hydrogens is 463 g/mol. The number of carbonyl (C=O) groups is 2. The molecule has 1 amide bonds. The highest BCUT2D eigenvalue weighted by atomic mass is 35.5. The average molecular weight is 485 g/mol. The van der Waals surface area contributed by atoms with E-state index in [1.165, 1.54) is 28.6 Å². The molecule has 0 aromatic heterocycles. The first-order valence-electron chi connectivity index (χ1n) is 9.69. The minimum atomic E-state index is -3.60. The van der Waals surface area contributed by atoms with Crippen LogP contribution in [-0.4, -0.2) is 44.3 Å². The summed E-state index contributed by atoms with van der Waals surface area (Å²) < 4.78 is 32.0. The van der Waals surface area contributed by atoms with Gasteiger partial charge in [-0.3, -0.25) is 4.79 Å². The molecule has 0 bridgehead atoms. The summed E-state index contributed by atoms with van der Waals surface area (Å²) in [5.74, 6) is -0.824. The molecule has 0 saturated carbocycles. The van der Waals surface area contributed by atoms with Gasteiger partial charge < -0.3 is 10.1 Å². The van der Waals surface area contributed by atoms with Gasteiger partial charge in [-0.2, -0.15) is 4.31 Å². The van der Waals surface area contributed by atoms with E-state index >= 15 is 0 Å². The van der Waals surface area contributed by atoms with Crippen molar-refractivity contribution in [3.63, 3.8) is 0 Å². The van der Waals surface area contributed by atoms with Crippen LogP contribution in [0.3, 0.4) is 0 Å². The summed E-state index contributed by atoms with van der Waals surface area (Å²) in [7, 11) is -3.60. The lowest BCUT2D eigenvalue weighted by Crippen LogP contribution is -2.37. The molecule has 3 rings (SSSR count). The van der Waals surface area contributed by atoms with Crippen molar-refractivity contribution < 1.29 is 22.7 Å². The second kappa shape index (κ2) is 9.99. The second-order valence-corrected chi connectivity index (χ2v) is 10.1. The Kier molecular flexibility index (Phi) is 7.59. The molecule has 10 heteroatoms. The fraction of sp³-hybridized carbons (Fsp3) is 0.333. The van der Waals surface area contributed by atoms with Crippen molar-refractivity contribution in [1.29, 1.82) is 0 Å². The summed E-state index contributed by atoms with van der Waals surface area (Å²) in [5.41, 5.74) is 0.441. The smallest absolute Gasteiger partial charge is 0.338 e. The molecule has 0 radical (unpaired) electrons. The molecule has 7 nitrogen and oxygen atoms in total. The number of rotatable bonds is 6. The number of nitrogens with zero attached hydrogens (tertiary/aromatic N) is 1. The lowest BCUT2D eigenvalue weighted by molar-refractivity contribution is -0.119. The molecular formula is C21H22Cl2N2O5S. The first kappa shape index (κ1) is 23.5. The number of ether oxygens (including phenoxy) is 1. The van der Waals surface area contributed by atoms with Crippen molar-refractivity contribution in [3.05, 3.63) is 58.1 Å². The van der Waals surface area contributed by atoms with Gasteiger partial charge in [-0.05, 0) is 55.2 Å². The van der Waals surface area contributed by atoms with Gasteiger partial charge in [0.1, 0.15) is 0 Å². The Bertz CT molecular complexity index is 1070. The van der Waals surface area contributed by atoms with E-state index in [-0.39, 0.29) is 20.5 Å². The molecule has 1 aliphatic rings. The fourth-order valence-corrected chi connectivity index (χ4v) is 4.96. The topological polar surface area (TPSA) is 92.8 Å². The Balaban J connectivity index is 1.57. The van der Waals surface area contributed by atoms with Crippen LogP contribution < -0.4 is 5.32 Å². The summed E-state index contributed by atoms with van der Waals surface area (Å²) in [6.45, 7) is 2.54. The Morgan fingerprint density at radius 1 is 1.10 bits per heavy atom. The molecule has 166 valence electrons. The third-order valence-electron chi connectivity index (χ3n) is 5.03. The van der Waals surface area contributed by atoms with Gasteiger partial charge in [-0.15, -0.1) is 0 Å². The molecule has 1 saturated heterocycles. The van der Waals surface area contributed by atoms with E-state index in [1.54, 1.807) is 18.2 Å². The van der Waals surface area contributed by atoms with Crippen LogP contribution in [0, 0.1) is 5.92 Å². The summed E-state index contributed by atoms with van der Waals surface area (Å²) in [4.78, 5) is 24.4. The molecule has 0 aliphatic carbocycles. The molecule has 1 fully saturated rings. The number of anilines is 1. The molecule has 1 N–H and O–H groups in total. The number of hydrogen-bond donors (Lipinski definition) is 1. The fourth-order valence-electron chi connectivity index (χ4n) is 3.14. The molecule has 0 unspecified atom stereocenters. The van der Waals surface area contributed by atoms with Crippen LogP contribution in [0.5, 0.6) is 0 Å². The standard InChI is InChI=1S/C21H22Cl2N2O5S/c1-14-9-11-25(12-10-14)31(28,29)16-7-5-15(6-8-16)21(27)30-13-19(26)24-18-4-2-3-17(22)20(18)23/h2-8,14H,9-13H2,1H3,(H,24,26). The normalized spacial score (nSPS) is 15.5. The van der Waals surface area contributed by atoms with Crippen LogP contribution in [0.2, 0.25) is 10.0 Å². The van der Waals surface area contributed by atoms with E-state index < -0.39 is 28.5 Å². The molecule has 2 aromatic rings. The summed E-state index contributed by atoms with van der Waals surface area (Å²) in [6.07, 6.45) is 1.65. The third kappa shape index (κ3) is 5.77. The van der Waals surface area contributed by atoms with E-state index in [4.69, 9.17) is 27.9 Å². The summed E-state index contributed by atoms with van der Waals surface area (Å²) in [6, 6.07) is 10.2.